The molecular formula is C19H28N2O2. The largest absolute Gasteiger partial charge is 0.339 e. The molecule has 0 saturated heterocycles. The van der Waals surface area contributed by atoms with Crippen LogP contribution in [-0.2, 0) is 4.79 Å². The first kappa shape index (κ1) is 17.5. The maximum absolute atomic E-state index is 12.6. The highest BCUT2D eigenvalue weighted by Gasteiger charge is 2.23. The summed E-state index contributed by atoms with van der Waals surface area (Å²) in [6.07, 6.45) is 6.13. The van der Waals surface area contributed by atoms with Crippen molar-refractivity contribution in [3.8, 4) is 0 Å². The second-order valence-electron chi connectivity index (χ2n) is 6.34. The van der Waals surface area contributed by atoms with E-state index < -0.39 is 0 Å². The lowest BCUT2D eigenvalue weighted by Gasteiger charge is -2.22. The Hall–Kier alpha value is -1.84. The van der Waals surface area contributed by atoms with Gasteiger partial charge in [-0.25, -0.2) is 0 Å². The third kappa shape index (κ3) is 4.81. The third-order valence-corrected chi connectivity index (χ3v) is 4.38. The maximum Gasteiger partial charge on any atom is 0.253 e. The Morgan fingerprint density at radius 3 is 2.39 bits per heavy atom. The van der Waals surface area contributed by atoms with Crippen LogP contribution in [0.15, 0.2) is 24.3 Å². The normalized spacial score (nSPS) is 14.7. The van der Waals surface area contributed by atoms with Crippen LogP contribution in [0.3, 0.4) is 0 Å². The van der Waals surface area contributed by atoms with E-state index in [2.05, 4.69) is 19.2 Å². The minimum Gasteiger partial charge on any atom is -0.339 e. The van der Waals surface area contributed by atoms with Gasteiger partial charge in [0.25, 0.3) is 5.91 Å². The van der Waals surface area contributed by atoms with Gasteiger partial charge >= 0.3 is 0 Å². The molecule has 0 aromatic heterocycles. The van der Waals surface area contributed by atoms with Gasteiger partial charge in [0.1, 0.15) is 0 Å². The van der Waals surface area contributed by atoms with Crippen LogP contribution in [0.1, 0.15) is 62.7 Å². The summed E-state index contributed by atoms with van der Waals surface area (Å²) >= 11 is 0. The van der Waals surface area contributed by atoms with Crippen LogP contribution in [-0.4, -0.2) is 29.8 Å². The Bertz CT molecular complexity index is 530. The van der Waals surface area contributed by atoms with Crippen molar-refractivity contribution in [3.63, 3.8) is 0 Å². The van der Waals surface area contributed by atoms with Gasteiger partial charge in [0.05, 0.1) is 0 Å². The molecule has 0 radical (unpaired) electrons. The molecule has 0 unspecified atom stereocenters. The monoisotopic (exact) mass is 316 g/mol. The zero-order chi connectivity index (χ0) is 16.7. The molecule has 4 heteroatoms. The highest BCUT2D eigenvalue weighted by Crippen LogP contribution is 2.26. The van der Waals surface area contributed by atoms with Crippen LogP contribution in [0.5, 0.6) is 0 Å². The van der Waals surface area contributed by atoms with Gasteiger partial charge in [-0.15, -0.1) is 0 Å². The number of carbonyl (C=O) groups excluding carboxylic acids is 2. The summed E-state index contributed by atoms with van der Waals surface area (Å²) in [5.74, 6) is 0.266. The van der Waals surface area contributed by atoms with Gasteiger partial charge in [0.2, 0.25) is 5.91 Å². The molecule has 2 rings (SSSR count). The summed E-state index contributed by atoms with van der Waals surface area (Å²) < 4.78 is 0. The highest BCUT2D eigenvalue weighted by molar-refractivity contribution is 5.97. The molecule has 23 heavy (non-hydrogen) atoms. The number of anilines is 1. The SMILES string of the molecule is CCCN(CCC)C(=O)c1cccc(NC(=O)C2CCCC2)c1. The molecule has 0 bridgehead atoms. The van der Waals surface area contributed by atoms with Gasteiger partial charge in [-0.3, -0.25) is 9.59 Å². The van der Waals surface area contributed by atoms with Gasteiger partial charge in [-0.1, -0.05) is 32.8 Å². The molecule has 0 heterocycles. The van der Waals surface area contributed by atoms with Gasteiger partial charge in [0.15, 0.2) is 0 Å². The molecule has 1 aliphatic rings. The molecule has 1 aliphatic carbocycles. The Labute approximate surface area is 139 Å². The second-order valence-corrected chi connectivity index (χ2v) is 6.34. The van der Waals surface area contributed by atoms with Crippen molar-refractivity contribution in [1.82, 2.24) is 4.90 Å². The van der Waals surface area contributed by atoms with Crippen LogP contribution in [0.2, 0.25) is 0 Å². The molecule has 1 aromatic rings. The second kappa shape index (κ2) is 8.70. The first-order valence-electron chi connectivity index (χ1n) is 8.86. The zero-order valence-electron chi connectivity index (χ0n) is 14.3. The summed E-state index contributed by atoms with van der Waals surface area (Å²) in [7, 11) is 0. The topological polar surface area (TPSA) is 49.4 Å². The van der Waals surface area contributed by atoms with Gasteiger partial charge in [0, 0.05) is 30.3 Å². The first-order chi connectivity index (χ1) is 11.2. The fourth-order valence-electron chi connectivity index (χ4n) is 3.20. The molecule has 1 N–H and O–H groups in total. The van der Waals surface area contributed by atoms with E-state index in [0.29, 0.717) is 5.56 Å². The third-order valence-electron chi connectivity index (χ3n) is 4.38. The number of nitrogens with zero attached hydrogens (tertiary/aromatic N) is 1. The smallest absolute Gasteiger partial charge is 0.253 e. The average molecular weight is 316 g/mol. The van der Waals surface area contributed by atoms with Crippen molar-refractivity contribution in [3.05, 3.63) is 29.8 Å². The molecule has 126 valence electrons. The van der Waals surface area contributed by atoms with Crippen LogP contribution < -0.4 is 5.32 Å². The number of amides is 2. The van der Waals surface area contributed by atoms with Crippen LogP contribution in [0, 0.1) is 5.92 Å². The minimum atomic E-state index is 0.0469. The van der Waals surface area contributed by atoms with E-state index in [-0.39, 0.29) is 17.7 Å². The Balaban J connectivity index is 2.05. The van der Waals surface area contributed by atoms with Crippen LogP contribution in [0.4, 0.5) is 5.69 Å². The molecule has 4 nitrogen and oxygen atoms in total. The van der Waals surface area contributed by atoms with E-state index >= 15 is 0 Å². The predicted octanol–water partition coefficient (Wildman–Crippen LogP) is 4.08. The molecule has 1 aromatic carbocycles. The lowest BCUT2D eigenvalue weighted by Crippen LogP contribution is -2.32. The van der Waals surface area contributed by atoms with Gasteiger partial charge in [-0.05, 0) is 43.9 Å². The van der Waals surface area contributed by atoms with E-state index in [1.807, 2.05) is 23.1 Å². The molecule has 1 fully saturated rings. The minimum absolute atomic E-state index is 0.0469. The van der Waals surface area contributed by atoms with Crippen molar-refractivity contribution < 1.29 is 9.59 Å². The molecular weight excluding hydrogens is 288 g/mol. The number of hydrogen-bond donors (Lipinski definition) is 1. The van der Waals surface area contributed by atoms with E-state index in [1.54, 1.807) is 6.07 Å². The van der Waals surface area contributed by atoms with Crippen molar-refractivity contribution in [2.75, 3.05) is 18.4 Å². The fraction of sp³-hybridized carbons (Fsp3) is 0.579. The lowest BCUT2D eigenvalue weighted by molar-refractivity contribution is -0.119. The molecule has 0 atom stereocenters. The number of hydrogen-bond acceptors (Lipinski definition) is 2. The number of nitrogens with one attached hydrogen (secondary N) is 1. The molecule has 2 amide bonds. The Morgan fingerprint density at radius 1 is 1.13 bits per heavy atom. The van der Waals surface area contributed by atoms with Crippen molar-refractivity contribution in [1.29, 1.82) is 0 Å². The molecule has 0 spiro atoms. The first-order valence-corrected chi connectivity index (χ1v) is 8.86. The van der Waals surface area contributed by atoms with E-state index in [1.165, 1.54) is 0 Å². The standard InChI is InChI=1S/C19H28N2O2/c1-3-12-21(13-4-2)19(23)16-10-7-11-17(14-16)20-18(22)15-8-5-6-9-15/h7,10-11,14-15H,3-6,8-9,12-13H2,1-2H3,(H,20,22). The fourth-order valence-corrected chi connectivity index (χ4v) is 3.20. The zero-order valence-corrected chi connectivity index (χ0v) is 14.3. The van der Waals surface area contributed by atoms with E-state index in [4.69, 9.17) is 0 Å². The van der Waals surface area contributed by atoms with Crippen molar-refractivity contribution in [2.45, 2.75) is 52.4 Å². The summed E-state index contributed by atoms with van der Waals surface area (Å²) in [6.45, 7) is 5.69. The Kier molecular flexibility index (Phi) is 6.63. The number of rotatable bonds is 7. The van der Waals surface area contributed by atoms with Crippen LogP contribution in [0.25, 0.3) is 0 Å². The molecule has 0 aliphatic heterocycles. The Morgan fingerprint density at radius 2 is 1.78 bits per heavy atom. The van der Waals surface area contributed by atoms with Crippen LogP contribution >= 0.6 is 0 Å². The number of benzene rings is 1. The summed E-state index contributed by atoms with van der Waals surface area (Å²) in [4.78, 5) is 26.7. The van der Waals surface area contributed by atoms with Crippen molar-refractivity contribution >= 4 is 17.5 Å². The lowest BCUT2D eigenvalue weighted by atomic mass is 10.1. The van der Waals surface area contributed by atoms with Gasteiger partial charge < -0.3 is 10.2 Å². The number of carbonyl (C=O) groups is 2. The average Bonchev–Trinajstić information content (AvgIpc) is 3.09. The summed E-state index contributed by atoms with van der Waals surface area (Å²) in [6, 6.07) is 7.32. The predicted molar refractivity (Wildman–Crippen MR) is 93.5 cm³/mol. The van der Waals surface area contributed by atoms with Crippen molar-refractivity contribution in [2.24, 2.45) is 5.92 Å². The van der Waals surface area contributed by atoms with E-state index in [0.717, 1.165) is 57.3 Å². The molecule has 1 saturated carbocycles. The maximum atomic E-state index is 12.6. The van der Waals surface area contributed by atoms with Gasteiger partial charge in [-0.2, -0.15) is 0 Å². The summed E-state index contributed by atoms with van der Waals surface area (Å²) in [5.41, 5.74) is 1.37. The highest BCUT2D eigenvalue weighted by atomic mass is 16.2. The quantitative estimate of drug-likeness (QED) is 0.824. The summed E-state index contributed by atoms with van der Waals surface area (Å²) in [5, 5.41) is 2.97. The van der Waals surface area contributed by atoms with E-state index in [9.17, 15) is 9.59 Å².